The zero-order valence-electron chi connectivity index (χ0n) is 21.0. The Bertz CT molecular complexity index is 1100. The number of nitrogens with zero attached hydrogens (tertiary/aromatic N) is 3. The number of aromatic nitrogens is 2. The molecule has 0 saturated heterocycles. The first-order valence-corrected chi connectivity index (χ1v) is 10.8. The lowest BCUT2D eigenvalue weighted by atomic mass is 10.1. The van der Waals surface area contributed by atoms with Crippen LogP contribution in [0.3, 0.4) is 0 Å². The molecule has 0 aromatic carbocycles. The van der Waals surface area contributed by atoms with E-state index in [9.17, 15) is 39.6 Å². The number of aromatic hydroxyl groups is 4. The summed E-state index contributed by atoms with van der Waals surface area (Å²) in [6.07, 6.45) is -3.90. The molecule has 0 spiro atoms. The predicted octanol–water partition coefficient (Wildman–Crippen LogP) is 1.65. The van der Waals surface area contributed by atoms with Gasteiger partial charge in [-0.1, -0.05) is 0 Å². The van der Waals surface area contributed by atoms with Gasteiger partial charge in [0.05, 0.1) is 6.42 Å². The van der Waals surface area contributed by atoms with E-state index in [-0.39, 0.29) is 9.63 Å². The maximum Gasteiger partial charge on any atom is 0.420 e. The number of rotatable bonds is 6. The van der Waals surface area contributed by atoms with Crippen molar-refractivity contribution in [1.29, 1.82) is 0 Å². The highest BCUT2D eigenvalue weighted by atomic mass is 16.7. The molecule has 0 radical (unpaired) electrons. The second-order valence-corrected chi connectivity index (χ2v) is 9.61. The average molecular weight is 527 g/mol. The van der Waals surface area contributed by atoms with Crippen LogP contribution in [0.1, 0.15) is 48.0 Å². The number of ether oxygens (including phenoxy) is 2. The number of imide groups is 1. The molecule has 15 nitrogen and oxygen atoms in total. The first kappa shape index (κ1) is 28.7. The van der Waals surface area contributed by atoms with E-state index in [1.54, 1.807) is 0 Å². The number of carbonyl (C=O) groups excluding carboxylic acids is 4. The highest BCUT2D eigenvalue weighted by Crippen LogP contribution is 2.23. The van der Waals surface area contributed by atoms with Crippen molar-refractivity contribution in [2.45, 2.75) is 65.2 Å². The second-order valence-electron chi connectivity index (χ2n) is 9.61. The summed E-state index contributed by atoms with van der Waals surface area (Å²) in [6, 6.07) is 1.81. The fourth-order valence-electron chi connectivity index (χ4n) is 2.67. The minimum atomic E-state index is -2.14. The molecule has 2 aromatic rings. The monoisotopic (exact) mass is 527 g/mol. The lowest BCUT2D eigenvalue weighted by molar-refractivity contribution is -0.157. The van der Waals surface area contributed by atoms with Crippen molar-refractivity contribution < 1.29 is 58.8 Å². The Labute approximate surface area is 210 Å². The summed E-state index contributed by atoms with van der Waals surface area (Å²) in [7, 11) is 0. The molecule has 37 heavy (non-hydrogen) atoms. The minimum absolute atomic E-state index is 0.174. The van der Waals surface area contributed by atoms with Crippen molar-refractivity contribution >= 4 is 24.1 Å². The van der Waals surface area contributed by atoms with Gasteiger partial charge in [-0.05, 0) is 41.5 Å². The van der Waals surface area contributed by atoms with Crippen molar-refractivity contribution in [3.63, 3.8) is 0 Å². The lowest BCUT2D eigenvalue weighted by Gasteiger charge is -2.31. The smallest absolute Gasteiger partial charge is 0.420 e. The molecular weight excluding hydrogens is 498 g/mol. The summed E-state index contributed by atoms with van der Waals surface area (Å²) in [4.78, 5) is 61.8. The fourth-order valence-corrected chi connectivity index (χ4v) is 2.67. The van der Waals surface area contributed by atoms with E-state index in [1.165, 1.54) is 41.5 Å². The third-order valence-corrected chi connectivity index (χ3v) is 4.09. The Hall–Kier alpha value is -4.56. The highest BCUT2D eigenvalue weighted by Gasteiger charge is 2.43. The Balaban J connectivity index is 2.51. The first-order valence-electron chi connectivity index (χ1n) is 10.8. The molecule has 2 aromatic heterocycles. The zero-order valence-corrected chi connectivity index (χ0v) is 21.0. The molecule has 2 amide bonds. The molecule has 15 heteroatoms. The van der Waals surface area contributed by atoms with Crippen LogP contribution in [0.15, 0.2) is 24.3 Å². The number of amides is 2. The van der Waals surface area contributed by atoms with Crippen LogP contribution in [-0.4, -0.2) is 76.2 Å². The van der Waals surface area contributed by atoms with E-state index in [0.29, 0.717) is 4.73 Å². The van der Waals surface area contributed by atoms with Gasteiger partial charge in [-0.2, -0.15) is 4.90 Å². The van der Waals surface area contributed by atoms with E-state index < -0.39 is 71.3 Å². The van der Waals surface area contributed by atoms with Crippen LogP contribution in [0, 0.1) is 0 Å². The SMILES string of the molecule is CC(C)(C)OC(=O)N(C(=O)OC(C)(C)C)C(CC(=O)On1c(O)ccc1O)C(=O)On1c(O)ccc1O. The van der Waals surface area contributed by atoms with Crippen LogP contribution in [0.4, 0.5) is 9.59 Å². The summed E-state index contributed by atoms with van der Waals surface area (Å²) in [5.74, 6) is -5.64. The average Bonchev–Trinajstić information content (AvgIpc) is 3.20. The zero-order chi connectivity index (χ0) is 28.3. The number of hydrogen-bond donors (Lipinski definition) is 4. The molecule has 0 fully saturated rings. The van der Waals surface area contributed by atoms with Crippen LogP contribution < -0.4 is 9.68 Å². The summed E-state index contributed by atoms with van der Waals surface area (Å²) in [5.41, 5.74) is -2.32. The molecule has 2 rings (SSSR count). The summed E-state index contributed by atoms with van der Waals surface area (Å²) >= 11 is 0. The summed E-state index contributed by atoms with van der Waals surface area (Å²) < 4.78 is 11.0. The molecule has 0 bridgehead atoms. The van der Waals surface area contributed by atoms with Crippen molar-refractivity contribution in [2.24, 2.45) is 0 Å². The van der Waals surface area contributed by atoms with Gasteiger partial charge >= 0.3 is 24.1 Å². The molecule has 4 N–H and O–H groups in total. The van der Waals surface area contributed by atoms with Gasteiger partial charge in [0, 0.05) is 24.3 Å². The quantitative estimate of drug-likeness (QED) is 0.424. The largest absolute Gasteiger partial charge is 0.492 e. The van der Waals surface area contributed by atoms with E-state index in [4.69, 9.17) is 19.1 Å². The Morgan fingerprint density at radius 3 is 1.43 bits per heavy atom. The first-order chi connectivity index (χ1) is 16.9. The van der Waals surface area contributed by atoms with Crippen LogP contribution in [0.2, 0.25) is 0 Å². The van der Waals surface area contributed by atoms with Crippen LogP contribution >= 0.6 is 0 Å². The maximum atomic E-state index is 13.1. The molecule has 1 unspecified atom stereocenters. The number of hydrogen-bond acceptors (Lipinski definition) is 12. The van der Waals surface area contributed by atoms with Gasteiger partial charge < -0.3 is 39.6 Å². The van der Waals surface area contributed by atoms with Crippen LogP contribution in [0.5, 0.6) is 23.5 Å². The van der Waals surface area contributed by atoms with E-state index in [1.807, 2.05) is 0 Å². The third-order valence-electron chi connectivity index (χ3n) is 4.09. The van der Waals surface area contributed by atoms with Crippen molar-refractivity contribution in [1.82, 2.24) is 14.4 Å². The molecule has 0 saturated carbocycles. The van der Waals surface area contributed by atoms with E-state index in [2.05, 4.69) is 0 Å². The molecule has 0 aliphatic rings. The Morgan fingerprint density at radius 2 is 1.08 bits per heavy atom. The van der Waals surface area contributed by atoms with Gasteiger partial charge in [-0.25, -0.2) is 19.2 Å². The van der Waals surface area contributed by atoms with Gasteiger partial charge in [-0.3, -0.25) is 0 Å². The Morgan fingerprint density at radius 1 is 0.730 bits per heavy atom. The Kier molecular flexibility index (Phi) is 8.21. The predicted molar refractivity (Wildman–Crippen MR) is 121 cm³/mol. The lowest BCUT2D eigenvalue weighted by Crippen LogP contribution is -2.54. The molecule has 2 heterocycles. The molecule has 0 aliphatic carbocycles. The van der Waals surface area contributed by atoms with Crippen LogP contribution in [0.25, 0.3) is 0 Å². The topological polar surface area (TPSA) is 199 Å². The third kappa shape index (κ3) is 7.71. The molecule has 0 aliphatic heterocycles. The van der Waals surface area contributed by atoms with E-state index >= 15 is 0 Å². The van der Waals surface area contributed by atoms with E-state index in [0.717, 1.165) is 24.3 Å². The number of carbonyl (C=O) groups is 4. The highest BCUT2D eigenvalue weighted by molar-refractivity contribution is 5.96. The van der Waals surface area contributed by atoms with Crippen molar-refractivity contribution in [2.75, 3.05) is 0 Å². The van der Waals surface area contributed by atoms with Crippen molar-refractivity contribution in [3.05, 3.63) is 24.3 Å². The molecule has 204 valence electrons. The van der Waals surface area contributed by atoms with Crippen LogP contribution in [-0.2, 0) is 19.1 Å². The van der Waals surface area contributed by atoms with Gasteiger partial charge in [-0.15, -0.1) is 9.46 Å². The standard InChI is InChI=1S/C22H29N3O12/c1-21(2,3)34-19(32)23(20(33)35-22(4,5)6)12(18(31)37-25-15(28)9-10-16(25)29)11-17(30)36-24-13(26)7-8-14(24)27/h7-10,12,26-29H,11H2,1-6H3. The molecular formula is C22H29N3O12. The maximum absolute atomic E-state index is 13.1. The van der Waals surface area contributed by atoms with Gasteiger partial charge in [0.25, 0.3) is 0 Å². The van der Waals surface area contributed by atoms with Gasteiger partial charge in [0.15, 0.2) is 6.04 Å². The van der Waals surface area contributed by atoms with Gasteiger partial charge in [0.2, 0.25) is 23.5 Å². The summed E-state index contributed by atoms with van der Waals surface area (Å²) in [6.45, 7) is 8.88. The van der Waals surface area contributed by atoms with Gasteiger partial charge in [0.1, 0.15) is 11.2 Å². The normalized spacial score (nSPS) is 12.4. The molecule has 1 atom stereocenters. The summed E-state index contributed by atoms with van der Waals surface area (Å²) in [5, 5.41) is 39.1. The fraction of sp³-hybridized carbons (Fsp3) is 0.455. The van der Waals surface area contributed by atoms with Crippen molar-refractivity contribution in [3.8, 4) is 23.5 Å². The minimum Gasteiger partial charge on any atom is -0.492 e. The second kappa shape index (κ2) is 10.6.